The number of halogens is 4. The minimum Gasteiger partial charge on any atom is -0.480 e. The summed E-state index contributed by atoms with van der Waals surface area (Å²) in [6, 6.07) is 1.66. The lowest BCUT2D eigenvalue weighted by Gasteiger charge is -2.13. The molecule has 0 saturated heterocycles. The molecule has 1 aromatic rings. The third-order valence-electron chi connectivity index (χ3n) is 2.49. The molecule has 0 bridgehead atoms. The fraction of sp³-hybridized carbons (Fsp3) is 0.333. The van der Waals surface area contributed by atoms with Crippen LogP contribution in [-0.2, 0) is 15.8 Å². The Balaban J connectivity index is 2.80. The van der Waals surface area contributed by atoms with Gasteiger partial charge in [-0.3, -0.25) is 9.59 Å². The number of alkyl halides is 4. The molecule has 1 amide bonds. The fourth-order valence-corrected chi connectivity index (χ4v) is 1.34. The third-order valence-corrected chi connectivity index (χ3v) is 2.49. The summed E-state index contributed by atoms with van der Waals surface area (Å²) in [5.74, 6) is -2.57. The molecule has 0 aliphatic rings. The minimum absolute atomic E-state index is 0.284. The molecule has 0 heterocycles. The predicted molar refractivity (Wildman–Crippen MR) is 60.5 cm³/mol. The number of carboxylic acids is 1. The Morgan fingerprint density at radius 2 is 1.70 bits per heavy atom. The minimum atomic E-state index is -4.55. The first-order valence-electron chi connectivity index (χ1n) is 5.47. The quantitative estimate of drug-likeness (QED) is 0.837. The van der Waals surface area contributed by atoms with Gasteiger partial charge in [0.2, 0.25) is 6.17 Å². The van der Waals surface area contributed by atoms with Crippen molar-refractivity contribution in [3.63, 3.8) is 0 Å². The van der Waals surface area contributed by atoms with E-state index in [1.165, 1.54) is 0 Å². The van der Waals surface area contributed by atoms with E-state index in [4.69, 9.17) is 5.11 Å². The Labute approximate surface area is 111 Å². The maximum absolute atomic E-state index is 13.7. The van der Waals surface area contributed by atoms with Gasteiger partial charge in [0.25, 0.3) is 5.91 Å². The number of aliphatic carboxylic acids is 1. The lowest BCUT2D eigenvalue weighted by molar-refractivity contribution is -0.142. The summed E-state index contributed by atoms with van der Waals surface area (Å²) in [4.78, 5) is 21.9. The van der Waals surface area contributed by atoms with Gasteiger partial charge in [-0.05, 0) is 24.6 Å². The molecule has 2 unspecified atom stereocenters. The highest BCUT2D eigenvalue weighted by atomic mass is 19.4. The van der Waals surface area contributed by atoms with Crippen LogP contribution in [0.1, 0.15) is 24.2 Å². The Morgan fingerprint density at radius 1 is 1.20 bits per heavy atom. The van der Waals surface area contributed by atoms with Crippen LogP contribution in [0.25, 0.3) is 0 Å². The normalized spacial score (nSPS) is 14.4. The van der Waals surface area contributed by atoms with Gasteiger partial charge < -0.3 is 10.4 Å². The Morgan fingerprint density at radius 3 is 2.10 bits per heavy atom. The average Bonchev–Trinajstić information content (AvgIpc) is 2.36. The molecular weight excluding hydrogens is 282 g/mol. The molecule has 0 saturated carbocycles. The number of amides is 1. The maximum atomic E-state index is 13.7. The van der Waals surface area contributed by atoms with Crippen molar-refractivity contribution in [2.24, 2.45) is 0 Å². The fourth-order valence-electron chi connectivity index (χ4n) is 1.34. The van der Waals surface area contributed by atoms with E-state index in [-0.39, 0.29) is 5.56 Å². The van der Waals surface area contributed by atoms with Crippen molar-refractivity contribution < 1.29 is 32.3 Å². The van der Waals surface area contributed by atoms with Gasteiger partial charge in [-0.1, -0.05) is 12.1 Å². The molecule has 1 aromatic carbocycles. The second kappa shape index (κ2) is 5.89. The van der Waals surface area contributed by atoms with Crippen molar-refractivity contribution in [2.75, 3.05) is 0 Å². The van der Waals surface area contributed by atoms with Crippen molar-refractivity contribution >= 4 is 11.9 Å². The van der Waals surface area contributed by atoms with E-state index in [2.05, 4.69) is 0 Å². The smallest absolute Gasteiger partial charge is 0.416 e. The van der Waals surface area contributed by atoms with Crippen LogP contribution in [0.15, 0.2) is 24.3 Å². The van der Waals surface area contributed by atoms with Crippen LogP contribution in [0.4, 0.5) is 17.6 Å². The van der Waals surface area contributed by atoms with Crippen molar-refractivity contribution in [1.29, 1.82) is 0 Å². The zero-order chi connectivity index (χ0) is 15.5. The first-order chi connectivity index (χ1) is 9.12. The molecule has 2 N–H and O–H groups in total. The van der Waals surface area contributed by atoms with Crippen LogP contribution in [0.5, 0.6) is 0 Å². The van der Waals surface area contributed by atoms with Crippen molar-refractivity contribution in [3.8, 4) is 0 Å². The monoisotopic (exact) mass is 293 g/mol. The summed E-state index contributed by atoms with van der Waals surface area (Å²) in [6.07, 6.45) is -6.79. The van der Waals surface area contributed by atoms with Crippen LogP contribution < -0.4 is 5.32 Å². The van der Waals surface area contributed by atoms with Gasteiger partial charge in [0, 0.05) is 0 Å². The topological polar surface area (TPSA) is 66.4 Å². The number of carbonyl (C=O) groups is 2. The highest BCUT2D eigenvalue weighted by molar-refractivity contribution is 5.86. The first kappa shape index (κ1) is 15.9. The SMILES string of the molecule is CC(NC(=O)C(F)c1ccc(C(F)(F)F)cc1)C(=O)O. The van der Waals surface area contributed by atoms with Gasteiger partial charge in [-0.25, -0.2) is 4.39 Å². The molecule has 0 fully saturated rings. The van der Waals surface area contributed by atoms with E-state index in [9.17, 15) is 27.2 Å². The van der Waals surface area contributed by atoms with E-state index in [0.717, 1.165) is 19.1 Å². The third kappa shape index (κ3) is 3.94. The Bertz CT molecular complexity index is 498. The van der Waals surface area contributed by atoms with E-state index in [1.807, 2.05) is 5.32 Å². The lowest BCUT2D eigenvalue weighted by Crippen LogP contribution is -2.40. The second-order valence-electron chi connectivity index (χ2n) is 4.05. The number of nitrogens with one attached hydrogen (secondary N) is 1. The predicted octanol–water partition coefficient (Wildman–Crippen LogP) is 2.31. The van der Waals surface area contributed by atoms with E-state index < -0.39 is 35.8 Å². The van der Waals surface area contributed by atoms with Gasteiger partial charge in [-0.2, -0.15) is 13.2 Å². The molecule has 0 radical (unpaired) electrons. The van der Waals surface area contributed by atoms with Crippen molar-refractivity contribution in [3.05, 3.63) is 35.4 Å². The molecule has 0 aromatic heterocycles. The zero-order valence-electron chi connectivity index (χ0n) is 10.2. The van der Waals surface area contributed by atoms with E-state index in [1.54, 1.807) is 0 Å². The summed E-state index contributed by atoms with van der Waals surface area (Å²) in [6.45, 7) is 1.14. The highest BCUT2D eigenvalue weighted by Gasteiger charge is 2.31. The lowest BCUT2D eigenvalue weighted by atomic mass is 10.1. The van der Waals surface area contributed by atoms with Crippen LogP contribution in [0, 0.1) is 0 Å². The first-order valence-corrected chi connectivity index (χ1v) is 5.47. The summed E-state index contributed by atoms with van der Waals surface area (Å²) < 4.78 is 50.6. The molecule has 20 heavy (non-hydrogen) atoms. The van der Waals surface area contributed by atoms with Gasteiger partial charge in [0.1, 0.15) is 6.04 Å². The maximum Gasteiger partial charge on any atom is 0.416 e. The highest BCUT2D eigenvalue weighted by Crippen LogP contribution is 2.30. The van der Waals surface area contributed by atoms with Crippen molar-refractivity contribution in [1.82, 2.24) is 5.32 Å². The second-order valence-corrected chi connectivity index (χ2v) is 4.05. The number of carboxylic acid groups (broad SMARTS) is 1. The zero-order valence-corrected chi connectivity index (χ0v) is 10.2. The summed E-state index contributed by atoms with van der Waals surface area (Å²) in [5, 5.41) is 10.4. The summed E-state index contributed by atoms with van der Waals surface area (Å²) in [5.41, 5.74) is -1.25. The largest absolute Gasteiger partial charge is 0.480 e. The number of hydrogen-bond acceptors (Lipinski definition) is 2. The van der Waals surface area contributed by atoms with Crippen LogP contribution in [0.2, 0.25) is 0 Å². The number of rotatable bonds is 4. The molecule has 110 valence electrons. The number of carbonyl (C=O) groups excluding carboxylic acids is 1. The van der Waals surface area contributed by atoms with Crippen LogP contribution in [-0.4, -0.2) is 23.0 Å². The van der Waals surface area contributed by atoms with Gasteiger partial charge in [0.15, 0.2) is 0 Å². The van der Waals surface area contributed by atoms with E-state index in [0.29, 0.717) is 12.1 Å². The van der Waals surface area contributed by atoms with Gasteiger partial charge in [-0.15, -0.1) is 0 Å². The Hall–Kier alpha value is -2.12. The van der Waals surface area contributed by atoms with E-state index >= 15 is 0 Å². The summed E-state index contributed by atoms with van der Waals surface area (Å²) >= 11 is 0. The van der Waals surface area contributed by atoms with Crippen molar-refractivity contribution in [2.45, 2.75) is 25.3 Å². The van der Waals surface area contributed by atoms with Gasteiger partial charge >= 0.3 is 12.1 Å². The number of hydrogen-bond donors (Lipinski definition) is 2. The molecule has 2 atom stereocenters. The average molecular weight is 293 g/mol. The molecule has 1 rings (SSSR count). The van der Waals surface area contributed by atoms with Gasteiger partial charge in [0.05, 0.1) is 5.56 Å². The summed E-state index contributed by atoms with van der Waals surface area (Å²) in [7, 11) is 0. The molecule has 8 heteroatoms. The number of benzene rings is 1. The Kier molecular flexibility index (Phi) is 4.69. The van der Waals surface area contributed by atoms with Crippen LogP contribution >= 0.6 is 0 Å². The standard InChI is InChI=1S/C12H11F4NO3/c1-6(11(19)20)17-10(18)9(13)7-2-4-8(5-3-7)12(14,15)16/h2-6,9H,1H3,(H,17,18)(H,19,20). The molecule has 0 aliphatic heterocycles. The molecule has 4 nitrogen and oxygen atoms in total. The molecule has 0 spiro atoms. The molecule has 0 aliphatic carbocycles. The molecular formula is C12H11F4NO3. The van der Waals surface area contributed by atoms with Crippen LogP contribution in [0.3, 0.4) is 0 Å².